The molecule has 0 saturated heterocycles. The van der Waals surface area contributed by atoms with Crippen molar-refractivity contribution in [3.05, 3.63) is 0 Å². The van der Waals surface area contributed by atoms with Crippen LogP contribution in [0.3, 0.4) is 0 Å². The number of fused-ring (bicyclic) bond motifs is 3. The van der Waals surface area contributed by atoms with E-state index in [-0.39, 0.29) is 0 Å². The summed E-state index contributed by atoms with van der Waals surface area (Å²) in [5.41, 5.74) is 0.693. The SMILES string of the molecule is CCC1C2CCC3C[C@@H](C(C)C)CCC3[C@@]2(C)CC[C@@H]1C. The van der Waals surface area contributed by atoms with Gasteiger partial charge in [-0.3, -0.25) is 0 Å². The van der Waals surface area contributed by atoms with Crippen LogP contribution in [0.2, 0.25) is 0 Å². The van der Waals surface area contributed by atoms with Crippen LogP contribution in [0.4, 0.5) is 0 Å². The van der Waals surface area contributed by atoms with Crippen molar-refractivity contribution < 1.29 is 0 Å². The predicted octanol–water partition coefficient (Wildman–Crippen LogP) is 6.55. The first-order valence-corrected chi connectivity index (χ1v) is 9.97. The zero-order valence-corrected chi connectivity index (χ0v) is 15.2. The van der Waals surface area contributed by atoms with Crippen LogP contribution in [0, 0.1) is 46.8 Å². The molecule has 0 aliphatic heterocycles. The Morgan fingerprint density at radius 1 is 1.00 bits per heavy atom. The molecule has 0 nitrogen and oxygen atoms in total. The molecular weight excluding hydrogens is 252 g/mol. The number of hydrogen-bond acceptors (Lipinski definition) is 0. The average Bonchev–Trinajstić information content (AvgIpc) is 2.47. The largest absolute Gasteiger partial charge is 0.0651 e. The Morgan fingerprint density at radius 2 is 1.71 bits per heavy atom. The van der Waals surface area contributed by atoms with Crippen LogP contribution in [0.25, 0.3) is 0 Å². The lowest BCUT2D eigenvalue weighted by Crippen LogP contribution is -2.52. The van der Waals surface area contributed by atoms with Crippen molar-refractivity contribution in [3.8, 4) is 0 Å². The van der Waals surface area contributed by atoms with Crippen molar-refractivity contribution in [1.29, 1.82) is 0 Å². The van der Waals surface area contributed by atoms with Crippen LogP contribution in [0.15, 0.2) is 0 Å². The van der Waals surface area contributed by atoms with E-state index < -0.39 is 0 Å². The molecule has 3 aliphatic rings. The molecule has 7 atom stereocenters. The van der Waals surface area contributed by atoms with Gasteiger partial charge in [0.2, 0.25) is 0 Å². The van der Waals surface area contributed by atoms with Gasteiger partial charge in [0.1, 0.15) is 0 Å². The first kappa shape index (κ1) is 15.9. The third-order valence-electron chi connectivity index (χ3n) is 8.37. The number of hydrogen-bond donors (Lipinski definition) is 0. The molecule has 0 spiro atoms. The lowest BCUT2D eigenvalue weighted by Gasteiger charge is -2.60. The van der Waals surface area contributed by atoms with Crippen LogP contribution in [0.5, 0.6) is 0 Å². The van der Waals surface area contributed by atoms with Crippen molar-refractivity contribution in [2.75, 3.05) is 0 Å². The summed E-state index contributed by atoms with van der Waals surface area (Å²) in [7, 11) is 0. The molecule has 3 saturated carbocycles. The smallest absolute Gasteiger partial charge is 0.0264 e. The van der Waals surface area contributed by atoms with Gasteiger partial charge >= 0.3 is 0 Å². The van der Waals surface area contributed by atoms with Gasteiger partial charge < -0.3 is 0 Å². The van der Waals surface area contributed by atoms with E-state index in [2.05, 4.69) is 34.6 Å². The second kappa shape index (κ2) is 5.89. The van der Waals surface area contributed by atoms with Gasteiger partial charge in [-0.2, -0.15) is 0 Å². The molecule has 122 valence electrons. The van der Waals surface area contributed by atoms with E-state index in [0.29, 0.717) is 5.41 Å². The van der Waals surface area contributed by atoms with Crippen LogP contribution in [-0.2, 0) is 0 Å². The van der Waals surface area contributed by atoms with E-state index in [1.807, 2.05) is 0 Å². The highest BCUT2D eigenvalue weighted by atomic mass is 14.6. The van der Waals surface area contributed by atoms with Crippen molar-refractivity contribution in [3.63, 3.8) is 0 Å². The molecule has 0 radical (unpaired) electrons. The molecule has 0 N–H and O–H groups in total. The van der Waals surface area contributed by atoms with E-state index >= 15 is 0 Å². The molecule has 21 heavy (non-hydrogen) atoms. The van der Waals surface area contributed by atoms with E-state index in [0.717, 1.165) is 41.4 Å². The first-order valence-electron chi connectivity index (χ1n) is 9.97. The minimum atomic E-state index is 0.693. The maximum atomic E-state index is 2.71. The van der Waals surface area contributed by atoms with E-state index in [4.69, 9.17) is 0 Å². The normalized spacial score (nSPS) is 50.6. The fourth-order valence-corrected chi connectivity index (χ4v) is 7.00. The molecule has 0 bridgehead atoms. The van der Waals surface area contributed by atoms with Gasteiger partial charge in [0.15, 0.2) is 0 Å². The molecule has 0 heterocycles. The van der Waals surface area contributed by atoms with Crippen LogP contribution in [-0.4, -0.2) is 0 Å². The molecule has 4 unspecified atom stereocenters. The van der Waals surface area contributed by atoms with Gasteiger partial charge in [-0.1, -0.05) is 41.0 Å². The van der Waals surface area contributed by atoms with Crippen molar-refractivity contribution in [2.45, 2.75) is 86.0 Å². The molecule has 0 aromatic carbocycles. The van der Waals surface area contributed by atoms with E-state index in [1.165, 1.54) is 25.7 Å². The summed E-state index contributed by atoms with van der Waals surface area (Å²) in [6.45, 7) is 12.6. The third-order valence-corrected chi connectivity index (χ3v) is 8.37. The Bertz CT molecular complexity index is 357. The summed E-state index contributed by atoms with van der Waals surface area (Å²) in [6, 6.07) is 0. The van der Waals surface area contributed by atoms with Crippen LogP contribution < -0.4 is 0 Å². The minimum absolute atomic E-state index is 0.693. The summed E-state index contributed by atoms with van der Waals surface area (Å²) in [5.74, 6) is 7.11. The van der Waals surface area contributed by atoms with Crippen LogP contribution in [0.1, 0.15) is 86.0 Å². The Labute approximate surface area is 133 Å². The third kappa shape index (κ3) is 2.59. The quantitative estimate of drug-likeness (QED) is 0.541. The molecule has 3 rings (SSSR count). The summed E-state index contributed by atoms with van der Waals surface area (Å²) in [4.78, 5) is 0. The van der Waals surface area contributed by atoms with Gasteiger partial charge in [-0.05, 0) is 91.8 Å². The summed E-state index contributed by atoms with van der Waals surface area (Å²) < 4.78 is 0. The summed E-state index contributed by atoms with van der Waals surface area (Å²) >= 11 is 0. The molecule has 0 heteroatoms. The van der Waals surface area contributed by atoms with Crippen molar-refractivity contribution in [2.24, 2.45) is 46.8 Å². The van der Waals surface area contributed by atoms with Gasteiger partial charge in [-0.15, -0.1) is 0 Å². The number of rotatable bonds is 2. The Hall–Kier alpha value is 0. The van der Waals surface area contributed by atoms with E-state index in [9.17, 15) is 0 Å². The van der Waals surface area contributed by atoms with E-state index in [1.54, 1.807) is 25.7 Å². The Kier molecular flexibility index (Phi) is 4.46. The second-order valence-corrected chi connectivity index (χ2v) is 9.46. The monoisotopic (exact) mass is 290 g/mol. The molecule has 0 aromatic rings. The Morgan fingerprint density at radius 3 is 2.38 bits per heavy atom. The average molecular weight is 291 g/mol. The fraction of sp³-hybridized carbons (Fsp3) is 1.00. The predicted molar refractivity (Wildman–Crippen MR) is 92.2 cm³/mol. The summed E-state index contributed by atoms with van der Waals surface area (Å²) in [6.07, 6.45) is 12.2. The molecule has 3 aliphatic carbocycles. The van der Waals surface area contributed by atoms with Crippen molar-refractivity contribution >= 4 is 0 Å². The maximum absolute atomic E-state index is 2.71. The highest BCUT2D eigenvalue weighted by Gasteiger charge is 2.54. The molecule has 3 fully saturated rings. The van der Waals surface area contributed by atoms with Gasteiger partial charge in [0.25, 0.3) is 0 Å². The van der Waals surface area contributed by atoms with Crippen LogP contribution >= 0.6 is 0 Å². The zero-order chi connectivity index (χ0) is 15.2. The second-order valence-electron chi connectivity index (χ2n) is 9.46. The molecular formula is C21H38. The summed E-state index contributed by atoms with van der Waals surface area (Å²) in [5, 5.41) is 0. The van der Waals surface area contributed by atoms with Gasteiger partial charge in [0, 0.05) is 0 Å². The fourth-order valence-electron chi connectivity index (χ4n) is 7.00. The standard InChI is InChI=1S/C21H38/c1-6-18-15(4)11-12-21(5)19-9-7-16(14(2)3)13-17(19)8-10-20(18)21/h14-20H,6-13H2,1-5H3/t15-,16-,17?,18?,19?,20?,21+/m0/s1. The Balaban J connectivity index is 1.79. The zero-order valence-electron chi connectivity index (χ0n) is 15.2. The lowest BCUT2D eigenvalue weighted by atomic mass is 9.45. The van der Waals surface area contributed by atoms with Gasteiger partial charge in [0.05, 0.1) is 0 Å². The van der Waals surface area contributed by atoms with Crippen molar-refractivity contribution in [1.82, 2.24) is 0 Å². The molecule has 0 aromatic heterocycles. The molecule has 0 amide bonds. The lowest BCUT2D eigenvalue weighted by molar-refractivity contribution is -0.106. The maximum Gasteiger partial charge on any atom is -0.0264 e. The highest BCUT2D eigenvalue weighted by molar-refractivity contribution is 5.03. The highest BCUT2D eigenvalue weighted by Crippen LogP contribution is 2.62. The van der Waals surface area contributed by atoms with Gasteiger partial charge in [-0.25, -0.2) is 0 Å². The first-order chi connectivity index (χ1) is 9.97. The topological polar surface area (TPSA) is 0 Å². The minimum Gasteiger partial charge on any atom is -0.0651 e.